The average Bonchev–Trinajstić information content (AvgIpc) is 3.25. The molecule has 2 aromatic rings. The fourth-order valence-electron chi connectivity index (χ4n) is 5.10. The number of nitrogens with two attached hydrogens (primary N) is 1. The van der Waals surface area contributed by atoms with Crippen molar-refractivity contribution >= 4 is 29.5 Å². The lowest BCUT2D eigenvalue weighted by Crippen LogP contribution is -2.47. The zero-order chi connectivity index (χ0) is 27.5. The number of nitrogens with zero attached hydrogens (tertiary/aromatic N) is 3. The summed E-state index contributed by atoms with van der Waals surface area (Å²) in [4.78, 5) is 43.0. The molecule has 3 aliphatic rings. The summed E-state index contributed by atoms with van der Waals surface area (Å²) in [5.41, 5.74) is 8.73. The molecule has 5 rings (SSSR count). The molecule has 2 atom stereocenters. The Hall–Kier alpha value is -3.66. The summed E-state index contributed by atoms with van der Waals surface area (Å²) in [5.74, 6) is -0.138. The Morgan fingerprint density at radius 2 is 1.69 bits per heavy atom. The molecule has 0 spiro atoms. The van der Waals surface area contributed by atoms with Gasteiger partial charge in [0.05, 0.1) is 25.3 Å². The van der Waals surface area contributed by atoms with Gasteiger partial charge in [0, 0.05) is 43.7 Å². The van der Waals surface area contributed by atoms with Gasteiger partial charge in [-0.15, -0.1) is 0 Å². The molecule has 0 bridgehead atoms. The van der Waals surface area contributed by atoms with Crippen molar-refractivity contribution in [3.05, 3.63) is 82.6 Å². The van der Waals surface area contributed by atoms with E-state index in [9.17, 15) is 14.4 Å². The molecule has 2 N–H and O–H groups in total. The number of amides is 3. The Kier molecular flexibility index (Phi) is 8.02. The SMILES string of the molecule is CN(C(=O)CN1C(=O)OC2=CC=C(Cl)CC21)C(CN1CCOCC1)c1ccc(-c2ccc(C(N)=O)cc2)cc1. The van der Waals surface area contributed by atoms with Crippen molar-refractivity contribution < 1.29 is 23.9 Å². The molecule has 2 unspecified atom stereocenters. The number of likely N-dealkylation sites (N-methyl/N-ethyl adjacent to an activating group) is 1. The second kappa shape index (κ2) is 11.6. The van der Waals surface area contributed by atoms with Crippen molar-refractivity contribution in [2.45, 2.75) is 18.5 Å². The number of fused-ring (bicyclic) bond motifs is 1. The first-order valence-electron chi connectivity index (χ1n) is 12.9. The fraction of sp³-hybridized carbons (Fsp3) is 0.345. The standard InChI is InChI=1S/C29H31ClN4O5/c1-32(27(35)18-34-24-16-23(30)10-11-26(24)39-29(34)37)25(17-33-12-14-38-15-13-33)21-6-2-19(3-7-21)20-4-8-22(9-5-20)28(31)36/h2-11,24-25H,12-18H2,1H3,(H2,31,36). The maximum atomic E-state index is 13.6. The first-order valence-corrected chi connectivity index (χ1v) is 13.3. The van der Waals surface area contributed by atoms with Gasteiger partial charge in [0.15, 0.2) is 0 Å². The predicted octanol–water partition coefficient (Wildman–Crippen LogP) is 3.52. The monoisotopic (exact) mass is 550 g/mol. The number of morpholine rings is 1. The second-order valence-corrected chi connectivity index (χ2v) is 10.4. The Labute approximate surface area is 232 Å². The van der Waals surface area contributed by atoms with E-state index in [-0.39, 0.29) is 24.5 Å². The highest BCUT2D eigenvalue weighted by atomic mass is 35.5. The average molecular weight is 551 g/mol. The van der Waals surface area contributed by atoms with Gasteiger partial charge in [0.25, 0.3) is 0 Å². The number of hydrogen-bond donors (Lipinski definition) is 1. The number of allylic oxidation sites excluding steroid dienone is 2. The Bertz CT molecular complexity index is 1300. The van der Waals surface area contributed by atoms with Crippen LogP contribution in [0.2, 0.25) is 0 Å². The maximum Gasteiger partial charge on any atom is 0.416 e. The molecule has 2 aromatic carbocycles. The second-order valence-electron chi connectivity index (χ2n) is 9.90. The molecule has 2 saturated heterocycles. The Morgan fingerprint density at radius 3 is 2.33 bits per heavy atom. The first-order chi connectivity index (χ1) is 18.8. The molecule has 3 amide bonds. The van der Waals surface area contributed by atoms with Gasteiger partial charge in [-0.2, -0.15) is 0 Å². The molecule has 0 saturated carbocycles. The zero-order valence-electron chi connectivity index (χ0n) is 21.7. The minimum Gasteiger partial charge on any atom is -0.412 e. The molecule has 2 heterocycles. The number of carbonyl (C=O) groups is 3. The molecular weight excluding hydrogens is 520 g/mol. The molecular formula is C29H31ClN4O5. The van der Waals surface area contributed by atoms with Crippen LogP contribution in [0.3, 0.4) is 0 Å². The van der Waals surface area contributed by atoms with Crippen LogP contribution in [-0.4, -0.2) is 85.1 Å². The molecule has 10 heteroatoms. The summed E-state index contributed by atoms with van der Waals surface area (Å²) in [6, 6.07) is 14.6. The number of hydrogen-bond acceptors (Lipinski definition) is 6. The normalized spacial score (nSPS) is 20.0. The van der Waals surface area contributed by atoms with E-state index in [2.05, 4.69) is 4.90 Å². The number of halogens is 1. The van der Waals surface area contributed by atoms with Gasteiger partial charge in [0.1, 0.15) is 12.3 Å². The minimum atomic E-state index is -0.538. The van der Waals surface area contributed by atoms with Crippen LogP contribution in [0.5, 0.6) is 0 Å². The summed E-state index contributed by atoms with van der Waals surface area (Å²) >= 11 is 6.20. The quantitative estimate of drug-likeness (QED) is 0.539. The van der Waals surface area contributed by atoms with Gasteiger partial charge >= 0.3 is 6.09 Å². The van der Waals surface area contributed by atoms with Gasteiger partial charge in [-0.25, -0.2) is 4.79 Å². The van der Waals surface area contributed by atoms with Crippen molar-refractivity contribution in [1.82, 2.24) is 14.7 Å². The van der Waals surface area contributed by atoms with Crippen LogP contribution >= 0.6 is 11.6 Å². The van der Waals surface area contributed by atoms with Crippen LogP contribution < -0.4 is 5.73 Å². The summed E-state index contributed by atoms with van der Waals surface area (Å²) in [6.07, 6.45) is 3.29. The lowest BCUT2D eigenvalue weighted by Gasteiger charge is -2.36. The van der Waals surface area contributed by atoms with Crippen molar-refractivity contribution in [3.63, 3.8) is 0 Å². The third-order valence-electron chi connectivity index (χ3n) is 7.46. The third kappa shape index (κ3) is 6.00. The Morgan fingerprint density at radius 1 is 1.05 bits per heavy atom. The van der Waals surface area contributed by atoms with Gasteiger partial charge in [0.2, 0.25) is 11.8 Å². The van der Waals surface area contributed by atoms with Crippen molar-refractivity contribution in [3.8, 4) is 11.1 Å². The van der Waals surface area contributed by atoms with E-state index in [1.807, 2.05) is 36.4 Å². The molecule has 9 nitrogen and oxygen atoms in total. The van der Waals surface area contributed by atoms with Crippen LogP contribution in [0.15, 0.2) is 71.5 Å². The van der Waals surface area contributed by atoms with E-state index < -0.39 is 12.0 Å². The minimum absolute atomic E-state index is 0.106. The molecule has 2 fully saturated rings. The van der Waals surface area contributed by atoms with Gasteiger partial charge < -0.3 is 20.1 Å². The van der Waals surface area contributed by atoms with Crippen molar-refractivity contribution in [2.24, 2.45) is 5.73 Å². The van der Waals surface area contributed by atoms with Crippen LogP contribution in [-0.2, 0) is 14.3 Å². The highest BCUT2D eigenvalue weighted by molar-refractivity contribution is 6.29. The maximum absolute atomic E-state index is 13.6. The van der Waals surface area contributed by atoms with E-state index in [0.29, 0.717) is 42.5 Å². The number of primary amides is 1. The molecule has 204 valence electrons. The molecule has 1 aliphatic carbocycles. The molecule has 39 heavy (non-hydrogen) atoms. The van der Waals surface area contributed by atoms with Crippen molar-refractivity contribution in [2.75, 3.05) is 46.4 Å². The molecule has 2 aliphatic heterocycles. The summed E-state index contributed by atoms with van der Waals surface area (Å²) < 4.78 is 10.9. The molecule has 0 radical (unpaired) electrons. The highest BCUT2D eigenvalue weighted by Gasteiger charge is 2.41. The Balaban J connectivity index is 1.35. The van der Waals surface area contributed by atoms with Crippen molar-refractivity contribution in [1.29, 1.82) is 0 Å². The predicted molar refractivity (Wildman–Crippen MR) is 147 cm³/mol. The van der Waals surface area contributed by atoms with E-state index >= 15 is 0 Å². The third-order valence-corrected chi connectivity index (χ3v) is 7.74. The fourth-order valence-corrected chi connectivity index (χ4v) is 5.31. The largest absolute Gasteiger partial charge is 0.416 e. The number of rotatable bonds is 8. The smallest absolute Gasteiger partial charge is 0.412 e. The number of carbonyl (C=O) groups excluding carboxylic acids is 3. The van der Waals surface area contributed by atoms with Gasteiger partial charge in [-0.1, -0.05) is 48.0 Å². The number of ether oxygens (including phenoxy) is 2. The lowest BCUT2D eigenvalue weighted by molar-refractivity contribution is -0.133. The van der Waals surface area contributed by atoms with Crippen LogP contribution in [0.25, 0.3) is 11.1 Å². The van der Waals surface area contributed by atoms with E-state index in [1.165, 1.54) is 4.90 Å². The highest BCUT2D eigenvalue weighted by Crippen LogP contribution is 2.33. The van der Waals surface area contributed by atoms with Crippen LogP contribution in [0.4, 0.5) is 4.79 Å². The summed E-state index contributed by atoms with van der Waals surface area (Å²) in [7, 11) is 1.77. The van der Waals surface area contributed by atoms with E-state index in [1.54, 1.807) is 36.2 Å². The summed E-state index contributed by atoms with van der Waals surface area (Å²) in [5, 5.41) is 0.613. The van der Waals surface area contributed by atoms with E-state index in [4.69, 9.17) is 26.8 Å². The zero-order valence-corrected chi connectivity index (χ0v) is 22.5. The first kappa shape index (κ1) is 26.9. The molecule has 0 aromatic heterocycles. The van der Waals surface area contributed by atoms with Crippen LogP contribution in [0, 0.1) is 0 Å². The topological polar surface area (TPSA) is 105 Å². The van der Waals surface area contributed by atoms with E-state index in [0.717, 1.165) is 29.8 Å². The lowest BCUT2D eigenvalue weighted by atomic mass is 9.98. The van der Waals surface area contributed by atoms with Gasteiger partial charge in [-0.05, 0) is 41.0 Å². The van der Waals surface area contributed by atoms with Gasteiger partial charge in [-0.3, -0.25) is 19.4 Å². The van der Waals surface area contributed by atoms with Crippen LogP contribution in [0.1, 0.15) is 28.4 Å². The number of benzene rings is 2. The summed E-state index contributed by atoms with van der Waals surface area (Å²) in [6.45, 7) is 3.38.